The first-order valence-corrected chi connectivity index (χ1v) is 11.2. The number of nitrogens with zero attached hydrogens (tertiary/aromatic N) is 3. The van der Waals surface area contributed by atoms with E-state index in [1.54, 1.807) is 7.11 Å². The lowest BCUT2D eigenvalue weighted by Crippen LogP contribution is -2.16. The van der Waals surface area contributed by atoms with E-state index in [0.29, 0.717) is 11.9 Å². The largest absolute Gasteiger partial charge is 0.495 e. The van der Waals surface area contributed by atoms with Gasteiger partial charge in [0.25, 0.3) is 0 Å². The minimum Gasteiger partial charge on any atom is -0.495 e. The lowest BCUT2D eigenvalue weighted by molar-refractivity contribution is 0.417. The Morgan fingerprint density at radius 3 is 2.56 bits per heavy atom. The summed E-state index contributed by atoms with van der Waals surface area (Å²) in [5, 5.41) is 16.5. The third-order valence-corrected chi connectivity index (χ3v) is 5.76. The van der Waals surface area contributed by atoms with Gasteiger partial charge in [-0.05, 0) is 56.0 Å². The van der Waals surface area contributed by atoms with Crippen molar-refractivity contribution in [3.63, 3.8) is 0 Å². The number of rotatable bonds is 8. The number of allylic oxidation sites excluding steroid dienone is 1. The molecule has 0 unspecified atom stereocenters. The van der Waals surface area contributed by atoms with Gasteiger partial charge in [-0.25, -0.2) is 9.97 Å². The van der Waals surface area contributed by atoms with Crippen LogP contribution >= 0.6 is 0 Å². The third kappa shape index (κ3) is 4.78. The highest BCUT2D eigenvalue weighted by atomic mass is 16.5. The van der Waals surface area contributed by atoms with Gasteiger partial charge in [0.2, 0.25) is 0 Å². The number of methoxy groups -OCH3 is 1. The highest BCUT2D eigenvalue weighted by molar-refractivity contribution is 6.09. The maximum Gasteiger partial charge on any atom is 0.143 e. The molecule has 0 radical (unpaired) electrons. The maximum absolute atomic E-state index is 7.80. The SMILES string of the molecule is COc1cc(-c2cnc(C)n2C)ccc1Nc1cc2cc(/C(C=N)=C/NC(C)C)ccc2cn1. The molecular formula is C27H30N6O. The number of pyridine rings is 1. The van der Waals surface area contributed by atoms with Gasteiger partial charge in [0.1, 0.15) is 17.4 Å². The number of hydrogen-bond donors (Lipinski definition) is 3. The molecule has 2 aromatic heterocycles. The Balaban J connectivity index is 1.64. The lowest BCUT2D eigenvalue weighted by atomic mass is 10.0. The molecule has 0 saturated heterocycles. The summed E-state index contributed by atoms with van der Waals surface area (Å²) >= 11 is 0. The Hall–Kier alpha value is -4.13. The Morgan fingerprint density at radius 1 is 1.06 bits per heavy atom. The molecule has 34 heavy (non-hydrogen) atoms. The van der Waals surface area contributed by atoms with Gasteiger partial charge in [-0.1, -0.05) is 18.2 Å². The number of fused-ring (bicyclic) bond motifs is 1. The summed E-state index contributed by atoms with van der Waals surface area (Å²) in [4.78, 5) is 8.96. The summed E-state index contributed by atoms with van der Waals surface area (Å²) in [6.45, 7) is 6.12. The van der Waals surface area contributed by atoms with Crippen LogP contribution in [0.5, 0.6) is 5.75 Å². The van der Waals surface area contributed by atoms with E-state index in [1.165, 1.54) is 6.21 Å². The molecule has 0 atom stereocenters. The molecule has 3 N–H and O–H groups in total. The first-order chi connectivity index (χ1) is 16.4. The molecule has 0 aliphatic heterocycles. The average Bonchev–Trinajstić information content (AvgIpc) is 3.17. The van der Waals surface area contributed by atoms with Crippen molar-refractivity contribution in [1.29, 1.82) is 5.41 Å². The highest BCUT2D eigenvalue weighted by Crippen LogP contribution is 2.33. The van der Waals surface area contributed by atoms with Crippen LogP contribution in [-0.2, 0) is 7.05 Å². The zero-order chi connectivity index (χ0) is 24.2. The Kier molecular flexibility index (Phi) is 6.63. The predicted octanol–water partition coefficient (Wildman–Crippen LogP) is 5.68. The van der Waals surface area contributed by atoms with Crippen molar-refractivity contribution in [2.75, 3.05) is 12.4 Å². The van der Waals surface area contributed by atoms with Crippen LogP contribution in [0.1, 0.15) is 25.2 Å². The monoisotopic (exact) mass is 454 g/mol. The van der Waals surface area contributed by atoms with Gasteiger partial charge in [-0.2, -0.15) is 0 Å². The fourth-order valence-electron chi connectivity index (χ4n) is 3.72. The Morgan fingerprint density at radius 2 is 1.88 bits per heavy atom. The number of ether oxygens (including phenoxy) is 1. The summed E-state index contributed by atoms with van der Waals surface area (Å²) in [6, 6.07) is 14.5. The maximum atomic E-state index is 7.80. The van der Waals surface area contributed by atoms with E-state index in [1.807, 2.05) is 69.0 Å². The van der Waals surface area contributed by atoms with Gasteiger partial charge in [0.05, 0.1) is 24.7 Å². The fraction of sp³-hybridized carbons (Fsp3) is 0.222. The molecule has 2 heterocycles. The summed E-state index contributed by atoms with van der Waals surface area (Å²) in [5.41, 5.74) is 4.68. The first-order valence-electron chi connectivity index (χ1n) is 11.2. The Labute approximate surface area is 200 Å². The van der Waals surface area contributed by atoms with Gasteiger partial charge in [-0.15, -0.1) is 0 Å². The van der Waals surface area contributed by atoms with E-state index in [4.69, 9.17) is 10.1 Å². The van der Waals surface area contributed by atoms with Crippen LogP contribution in [0.15, 0.2) is 61.1 Å². The number of anilines is 2. The van der Waals surface area contributed by atoms with Crippen molar-refractivity contribution in [3.8, 4) is 17.0 Å². The number of aromatic nitrogens is 3. The van der Waals surface area contributed by atoms with Crippen molar-refractivity contribution < 1.29 is 4.74 Å². The van der Waals surface area contributed by atoms with Gasteiger partial charge >= 0.3 is 0 Å². The third-order valence-electron chi connectivity index (χ3n) is 5.76. The summed E-state index contributed by atoms with van der Waals surface area (Å²) in [7, 11) is 3.66. The second-order valence-corrected chi connectivity index (χ2v) is 8.49. The molecule has 0 spiro atoms. The summed E-state index contributed by atoms with van der Waals surface area (Å²) < 4.78 is 7.72. The molecule has 4 aromatic rings. The topological polar surface area (TPSA) is 87.8 Å². The fourth-order valence-corrected chi connectivity index (χ4v) is 3.72. The molecule has 0 saturated carbocycles. The van der Waals surface area contributed by atoms with Crippen molar-refractivity contribution in [2.45, 2.75) is 26.8 Å². The standard InChI is InChI=1S/C27H30N6O/c1-17(2)29-15-23(13-28)19-6-7-21-14-31-27(12-22(21)10-19)32-24-9-8-20(11-26(24)34-5)25-16-30-18(3)33(25)4/h6-17,28-29H,1-5H3,(H,31,32)/b23-15+,28-13?. The van der Waals surface area contributed by atoms with Crippen LogP contribution in [0, 0.1) is 12.3 Å². The molecule has 0 bridgehead atoms. The lowest BCUT2D eigenvalue weighted by Gasteiger charge is -2.13. The highest BCUT2D eigenvalue weighted by Gasteiger charge is 2.11. The van der Waals surface area contributed by atoms with Crippen LogP contribution in [-0.4, -0.2) is 33.9 Å². The summed E-state index contributed by atoms with van der Waals surface area (Å²) in [5.74, 6) is 2.39. The minimum absolute atomic E-state index is 0.304. The molecule has 2 aromatic carbocycles. The summed E-state index contributed by atoms with van der Waals surface area (Å²) in [6.07, 6.45) is 6.97. The van der Waals surface area contributed by atoms with Gasteiger partial charge in [0.15, 0.2) is 0 Å². The number of benzene rings is 2. The predicted molar refractivity (Wildman–Crippen MR) is 140 cm³/mol. The van der Waals surface area contributed by atoms with E-state index < -0.39 is 0 Å². The molecule has 174 valence electrons. The average molecular weight is 455 g/mol. The van der Waals surface area contributed by atoms with Crippen LogP contribution in [0.4, 0.5) is 11.5 Å². The number of hydrogen-bond acceptors (Lipinski definition) is 6. The van der Waals surface area contributed by atoms with Crippen molar-refractivity contribution in [3.05, 3.63) is 72.4 Å². The molecule has 0 aliphatic carbocycles. The zero-order valence-electron chi connectivity index (χ0n) is 20.2. The zero-order valence-corrected chi connectivity index (χ0v) is 20.2. The van der Waals surface area contributed by atoms with E-state index in [2.05, 4.69) is 45.1 Å². The van der Waals surface area contributed by atoms with E-state index in [9.17, 15) is 0 Å². The normalized spacial score (nSPS) is 11.6. The van der Waals surface area contributed by atoms with Gasteiger partial charge in [-0.3, -0.25) is 0 Å². The second-order valence-electron chi connectivity index (χ2n) is 8.49. The van der Waals surface area contributed by atoms with E-state index in [0.717, 1.165) is 50.4 Å². The van der Waals surface area contributed by atoms with Crippen molar-refractivity contribution >= 4 is 34.1 Å². The number of nitrogens with one attached hydrogen (secondary N) is 3. The van der Waals surface area contributed by atoms with Crippen LogP contribution < -0.4 is 15.4 Å². The molecule has 0 fully saturated rings. The van der Waals surface area contributed by atoms with Crippen LogP contribution in [0.25, 0.3) is 27.6 Å². The van der Waals surface area contributed by atoms with Gasteiger partial charge < -0.3 is 25.3 Å². The van der Waals surface area contributed by atoms with Crippen LogP contribution in [0.2, 0.25) is 0 Å². The molecule has 0 aliphatic rings. The molecule has 7 heteroatoms. The smallest absolute Gasteiger partial charge is 0.143 e. The molecular weight excluding hydrogens is 424 g/mol. The first kappa shape index (κ1) is 23.0. The second kappa shape index (κ2) is 9.79. The van der Waals surface area contributed by atoms with Crippen molar-refractivity contribution in [1.82, 2.24) is 19.9 Å². The minimum atomic E-state index is 0.304. The van der Waals surface area contributed by atoms with Crippen LogP contribution in [0.3, 0.4) is 0 Å². The van der Waals surface area contributed by atoms with Crippen molar-refractivity contribution in [2.24, 2.45) is 7.05 Å². The van der Waals surface area contributed by atoms with E-state index in [-0.39, 0.29) is 0 Å². The molecule has 7 nitrogen and oxygen atoms in total. The van der Waals surface area contributed by atoms with E-state index >= 15 is 0 Å². The molecule has 0 amide bonds. The number of imidazole rings is 1. The quantitative estimate of drug-likeness (QED) is 0.298. The Bertz CT molecular complexity index is 1370. The number of aryl methyl sites for hydroxylation is 1. The molecule has 4 rings (SSSR count). The van der Waals surface area contributed by atoms with Gasteiger partial charge in [0, 0.05) is 48.2 Å².